The van der Waals surface area contributed by atoms with Crippen molar-refractivity contribution in [2.24, 2.45) is 5.92 Å². The van der Waals surface area contributed by atoms with Gasteiger partial charge < -0.3 is 19.1 Å². The second-order valence-electron chi connectivity index (χ2n) is 6.38. The molecule has 0 spiro atoms. The third kappa shape index (κ3) is 4.30. The summed E-state index contributed by atoms with van der Waals surface area (Å²) in [5, 5.41) is 0. The monoisotopic (exact) mass is 321 g/mol. The second-order valence-corrected chi connectivity index (χ2v) is 6.38. The van der Waals surface area contributed by atoms with Crippen LogP contribution in [-0.4, -0.2) is 44.7 Å². The molecule has 2 rings (SSSR count). The summed E-state index contributed by atoms with van der Waals surface area (Å²) in [4.78, 5) is 14.7. The van der Waals surface area contributed by atoms with Gasteiger partial charge >= 0.3 is 0 Å². The van der Waals surface area contributed by atoms with E-state index in [1.165, 1.54) is 0 Å². The van der Waals surface area contributed by atoms with E-state index < -0.39 is 0 Å². The van der Waals surface area contributed by atoms with Gasteiger partial charge in [-0.15, -0.1) is 0 Å². The Morgan fingerprint density at radius 3 is 2.09 bits per heavy atom. The first-order valence-electron chi connectivity index (χ1n) is 8.08. The minimum Gasteiger partial charge on any atom is -0.493 e. The molecule has 0 N–H and O–H groups in total. The lowest BCUT2D eigenvalue weighted by Gasteiger charge is -2.25. The zero-order valence-corrected chi connectivity index (χ0v) is 14.7. The lowest BCUT2D eigenvalue weighted by Crippen LogP contribution is -2.37. The van der Waals surface area contributed by atoms with Gasteiger partial charge in [0.15, 0.2) is 11.5 Å². The van der Waals surface area contributed by atoms with E-state index in [1.54, 1.807) is 21.3 Å². The van der Waals surface area contributed by atoms with Crippen LogP contribution in [0.15, 0.2) is 12.1 Å². The van der Waals surface area contributed by atoms with Crippen LogP contribution >= 0.6 is 0 Å². The van der Waals surface area contributed by atoms with Crippen molar-refractivity contribution >= 4 is 5.91 Å². The Morgan fingerprint density at radius 2 is 1.70 bits per heavy atom. The standard InChI is InChI=1S/C18H27NO4/c1-12(2)11-19(14-6-7-14)17(20)10-13-8-15(21-3)18(23-5)16(9-13)22-4/h8-9,12,14H,6-7,10-11H2,1-5H3. The molecule has 0 unspecified atom stereocenters. The molecule has 1 aromatic rings. The van der Waals surface area contributed by atoms with Crippen molar-refractivity contribution in [1.82, 2.24) is 4.90 Å². The molecule has 1 fully saturated rings. The molecule has 0 atom stereocenters. The molecular formula is C18H27NO4. The van der Waals surface area contributed by atoms with E-state index in [4.69, 9.17) is 14.2 Å². The summed E-state index contributed by atoms with van der Waals surface area (Å²) in [5.41, 5.74) is 0.874. The van der Waals surface area contributed by atoms with E-state index in [-0.39, 0.29) is 5.91 Å². The van der Waals surface area contributed by atoms with Crippen LogP contribution in [0.4, 0.5) is 0 Å². The topological polar surface area (TPSA) is 48.0 Å². The first-order valence-corrected chi connectivity index (χ1v) is 8.08. The van der Waals surface area contributed by atoms with Crippen LogP contribution in [0.3, 0.4) is 0 Å². The molecule has 0 saturated heterocycles. The third-order valence-electron chi connectivity index (χ3n) is 3.95. The van der Waals surface area contributed by atoms with E-state index in [2.05, 4.69) is 13.8 Å². The fraction of sp³-hybridized carbons (Fsp3) is 0.611. The van der Waals surface area contributed by atoms with E-state index in [1.807, 2.05) is 17.0 Å². The summed E-state index contributed by atoms with van der Waals surface area (Å²) < 4.78 is 16.0. The molecule has 5 heteroatoms. The van der Waals surface area contributed by atoms with E-state index in [9.17, 15) is 4.79 Å². The summed E-state index contributed by atoms with van der Waals surface area (Å²) in [6.07, 6.45) is 2.58. The van der Waals surface area contributed by atoms with Crippen molar-refractivity contribution in [2.45, 2.75) is 39.2 Å². The molecule has 5 nitrogen and oxygen atoms in total. The Morgan fingerprint density at radius 1 is 1.13 bits per heavy atom. The van der Waals surface area contributed by atoms with Crippen LogP contribution in [0.1, 0.15) is 32.3 Å². The number of ether oxygens (including phenoxy) is 3. The Balaban J connectivity index is 2.19. The number of nitrogens with zero attached hydrogens (tertiary/aromatic N) is 1. The molecule has 0 aromatic heterocycles. The normalized spacial score (nSPS) is 13.8. The first-order chi connectivity index (χ1) is 11.0. The number of amides is 1. The maximum atomic E-state index is 12.7. The molecule has 1 amide bonds. The number of carbonyl (C=O) groups is 1. The van der Waals surface area contributed by atoms with Crippen LogP contribution < -0.4 is 14.2 Å². The number of methoxy groups -OCH3 is 3. The molecule has 0 bridgehead atoms. The highest BCUT2D eigenvalue weighted by molar-refractivity contribution is 5.80. The van der Waals surface area contributed by atoms with E-state index >= 15 is 0 Å². The fourth-order valence-electron chi connectivity index (χ4n) is 2.75. The molecule has 23 heavy (non-hydrogen) atoms. The van der Waals surface area contributed by atoms with Gasteiger partial charge in [-0.2, -0.15) is 0 Å². The van der Waals surface area contributed by atoms with Gasteiger partial charge in [-0.3, -0.25) is 4.79 Å². The lowest BCUT2D eigenvalue weighted by molar-refractivity contribution is -0.131. The molecule has 1 aromatic carbocycles. The molecule has 0 heterocycles. The Labute approximate surface area is 138 Å². The summed E-state index contributed by atoms with van der Waals surface area (Å²) in [7, 11) is 4.74. The van der Waals surface area contributed by atoms with Gasteiger partial charge in [0.25, 0.3) is 0 Å². The van der Waals surface area contributed by atoms with Crippen molar-refractivity contribution in [2.75, 3.05) is 27.9 Å². The van der Waals surface area contributed by atoms with E-state index in [0.717, 1.165) is 24.9 Å². The second kappa shape index (κ2) is 7.57. The summed E-state index contributed by atoms with van der Waals surface area (Å²) >= 11 is 0. The smallest absolute Gasteiger partial charge is 0.227 e. The first kappa shape index (κ1) is 17.4. The summed E-state index contributed by atoms with van der Waals surface area (Å²) in [6, 6.07) is 4.12. The number of hydrogen-bond acceptors (Lipinski definition) is 4. The highest BCUT2D eigenvalue weighted by Crippen LogP contribution is 2.38. The maximum Gasteiger partial charge on any atom is 0.227 e. The molecule has 128 valence electrons. The minimum absolute atomic E-state index is 0.162. The van der Waals surface area contributed by atoms with Crippen molar-refractivity contribution in [3.63, 3.8) is 0 Å². The molecule has 0 aliphatic heterocycles. The summed E-state index contributed by atoms with van der Waals surface area (Å²) in [5.74, 6) is 2.34. The highest BCUT2D eigenvalue weighted by Gasteiger charge is 2.32. The highest BCUT2D eigenvalue weighted by atomic mass is 16.5. The zero-order chi connectivity index (χ0) is 17.0. The Bertz CT molecular complexity index is 527. The Kier molecular flexibility index (Phi) is 5.74. The van der Waals surface area contributed by atoms with Crippen molar-refractivity contribution in [1.29, 1.82) is 0 Å². The molecular weight excluding hydrogens is 294 g/mol. The van der Waals surface area contributed by atoms with Crippen LogP contribution in [-0.2, 0) is 11.2 Å². The zero-order valence-electron chi connectivity index (χ0n) is 14.7. The third-order valence-corrected chi connectivity index (χ3v) is 3.95. The average Bonchev–Trinajstić information content (AvgIpc) is 3.35. The number of benzene rings is 1. The van der Waals surface area contributed by atoms with Crippen LogP contribution in [0.2, 0.25) is 0 Å². The molecule has 1 aliphatic carbocycles. The van der Waals surface area contributed by atoms with Gasteiger partial charge in [0.2, 0.25) is 11.7 Å². The lowest BCUT2D eigenvalue weighted by atomic mass is 10.1. The van der Waals surface area contributed by atoms with Gasteiger partial charge in [-0.1, -0.05) is 13.8 Å². The van der Waals surface area contributed by atoms with Crippen LogP contribution in [0.5, 0.6) is 17.2 Å². The minimum atomic E-state index is 0.162. The molecule has 1 saturated carbocycles. The quantitative estimate of drug-likeness (QED) is 0.739. The van der Waals surface area contributed by atoms with Gasteiger partial charge in [0.05, 0.1) is 27.8 Å². The largest absolute Gasteiger partial charge is 0.493 e. The fourth-order valence-corrected chi connectivity index (χ4v) is 2.75. The summed E-state index contributed by atoms with van der Waals surface area (Å²) in [6.45, 7) is 5.10. The van der Waals surface area contributed by atoms with Gasteiger partial charge in [-0.25, -0.2) is 0 Å². The molecule has 0 radical (unpaired) electrons. The van der Waals surface area contributed by atoms with Gasteiger partial charge in [0, 0.05) is 12.6 Å². The number of carbonyl (C=O) groups excluding carboxylic acids is 1. The SMILES string of the molecule is COc1cc(CC(=O)N(CC(C)C)C2CC2)cc(OC)c1OC. The van der Waals surface area contributed by atoms with Crippen molar-refractivity contribution < 1.29 is 19.0 Å². The van der Waals surface area contributed by atoms with Crippen molar-refractivity contribution in [3.8, 4) is 17.2 Å². The van der Waals surface area contributed by atoms with Gasteiger partial charge in [-0.05, 0) is 36.5 Å². The number of hydrogen-bond donors (Lipinski definition) is 0. The number of rotatable bonds is 8. The van der Waals surface area contributed by atoms with Gasteiger partial charge in [0.1, 0.15) is 0 Å². The van der Waals surface area contributed by atoms with Crippen LogP contribution in [0, 0.1) is 5.92 Å². The predicted molar refractivity (Wildman–Crippen MR) is 89.4 cm³/mol. The predicted octanol–water partition coefficient (Wildman–Crippen LogP) is 2.90. The average molecular weight is 321 g/mol. The van der Waals surface area contributed by atoms with E-state index in [0.29, 0.717) is 35.6 Å². The Hall–Kier alpha value is -1.91. The van der Waals surface area contributed by atoms with Crippen molar-refractivity contribution in [3.05, 3.63) is 17.7 Å². The van der Waals surface area contributed by atoms with Crippen LogP contribution in [0.25, 0.3) is 0 Å². The molecule has 1 aliphatic rings. The maximum absolute atomic E-state index is 12.7.